The average molecular weight is 264 g/mol. The highest BCUT2D eigenvalue weighted by molar-refractivity contribution is 6.09. The van der Waals surface area contributed by atoms with E-state index in [9.17, 15) is 9.59 Å². The largest absolute Gasteiger partial charge is 0.340 e. The molecule has 104 valence electrons. The number of nitrogens with one attached hydrogen (secondary N) is 1. The fourth-order valence-electron chi connectivity index (χ4n) is 2.35. The van der Waals surface area contributed by atoms with Gasteiger partial charge in [-0.1, -0.05) is 13.8 Å². The van der Waals surface area contributed by atoms with Crippen molar-refractivity contribution in [1.82, 2.24) is 15.1 Å². The minimum Gasteiger partial charge on any atom is -0.340 e. The van der Waals surface area contributed by atoms with Crippen LogP contribution in [0.15, 0.2) is 6.20 Å². The van der Waals surface area contributed by atoms with Gasteiger partial charge in [-0.3, -0.25) is 19.2 Å². The highest BCUT2D eigenvalue weighted by Crippen LogP contribution is 2.26. The van der Waals surface area contributed by atoms with Crippen LogP contribution in [0.2, 0.25) is 0 Å². The Morgan fingerprint density at radius 2 is 2.11 bits per heavy atom. The van der Waals surface area contributed by atoms with E-state index in [1.807, 2.05) is 20.9 Å². The normalized spacial score (nSPS) is 23.7. The molecule has 6 nitrogen and oxygen atoms in total. The number of aromatic nitrogens is 2. The van der Waals surface area contributed by atoms with Crippen LogP contribution >= 0.6 is 0 Å². The van der Waals surface area contributed by atoms with Crippen molar-refractivity contribution in [3.8, 4) is 0 Å². The first-order valence-corrected chi connectivity index (χ1v) is 6.56. The molecule has 1 saturated heterocycles. The molecule has 1 aromatic heterocycles. The van der Waals surface area contributed by atoms with Gasteiger partial charge in [-0.25, -0.2) is 0 Å². The molecule has 1 aromatic rings. The lowest BCUT2D eigenvalue weighted by molar-refractivity contribution is -0.135. The Bertz CT molecular complexity index is 523. The maximum atomic E-state index is 12.6. The van der Waals surface area contributed by atoms with E-state index in [-0.39, 0.29) is 18.4 Å². The zero-order valence-corrected chi connectivity index (χ0v) is 11.9. The Morgan fingerprint density at radius 3 is 2.68 bits per heavy atom. The van der Waals surface area contributed by atoms with Crippen molar-refractivity contribution in [1.29, 1.82) is 0 Å². The van der Waals surface area contributed by atoms with Gasteiger partial charge in [-0.05, 0) is 19.8 Å². The molecule has 1 unspecified atom stereocenters. The van der Waals surface area contributed by atoms with Crippen LogP contribution in [0.4, 0.5) is 5.69 Å². The molecule has 0 saturated carbocycles. The molecule has 2 heterocycles. The number of aryl methyl sites for hydroxylation is 2. The zero-order valence-electron chi connectivity index (χ0n) is 11.9. The van der Waals surface area contributed by atoms with Crippen LogP contribution in [-0.2, 0) is 23.1 Å². The SMILES string of the molecule is CCc1nn(C)cc1N1CC(=O)NC(C)(CC)C1=O. The predicted octanol–water partition coefficient (Wildman–Crippen LogP) is 0.614. The second kappa shape index (κ2) is 4.68. The smallest absolute Gasteiger partial charge is 0.253 e. The number of piperazine rings is 1. The van der Waals surface area contributed by atoms with Gasteiger partial charge in [0.25, 0.3) is 5.91 Å². The number of carbonyl (C=O) groups excluding carboxylic acids is 2. The van der Waals surface area contributed by atoms with Gasteiger partial charge >= 0.3 is 0 Å². The molecule has 0 aliphatic carbocycles. The molecule has 0 bridgehead atoms. The van der Waals surface area contributed by atoms with Crippen LogP contribution in [0.5, 0.6) is 0 Å². The molecule has 2 rings (SSSR count). The summed E-state index contributed by atoms with van der Waals surface area (Å²) in [6, 6.07) is 0. The van der Waals surface area contributed by atoms with Crippen molar-refractivity contribution in [2.24, 2.45) is 7.05 Å². The predicted molar refractivity (Wildman–Crippen MR) is 71.8 cm³/mol. The fraction of sp³-hybridized carbons (Fsp3) is 0.615. The third kappa shape index (κ3) is 2.22. The summed E-state index contributed by atoms with van der Waals surface area (Å²) in [6.07, 6.45) is 3.09. The van der Waals surface area contributed by atoms with E-state index >= 15 is 0 Å². The Morgan fingerprint density at radius 1 is 1.42 bits per heavy atom. The van der Waals surface area contributed by atoms with Crippen LogP contribution < -0.4 is 10.2 Å². The molecule has 1 aliphatic heterocycles. The summed E-state index contributed by atoms with van der Waals surface area (Å²) in [5.74, 6) is -0.202. The molecule has 1 aliphatic rings. The lowest BCUT2D eigenvalue weighted by Gasteiger charge is -2.39. The van der Waals surface area contributed by atoms with E-state index in [0.717, 1.165) is 17.8 Å². The number of amides is 2. The molecular formula is C13H20N4O2. The number of anilines is 1. The number of hydrogen-bond acceptors (Lipinski definition) is 3. The van der Waals surface area contributed by atoms with Crippen LogP contribution in [0.25, 0.3) is 0 Å². The third-order valence-electron chi connectivity index (χ3n) is 3.65. The lowest BCUT2D eigenvalue weighted by atomic mass is 9.94. The van der Waals surface area contributed by atoms with Crippen molar-refractivity contribution in [3.63, 3.8) is 0 Å². The van der Waals surface area contributed by atoms with E-state index in [1.54, 1.807) is 22.7 Å². The molecule has 19 heavy (non-hydrogen) atoms. The van der Waals surface area contributed by atoms with Gasteiger partial charge in [0.15, 0.2) is 0 Å². The van der Waals surface area contributed by atoms with E-state index in [1.165, 1.54) is 0 Å². The van der Waals surface area contributed by atoms with Crippen LogP contribution in [0.3, 0.4) is 0 Å². The Hall–Kier alpha value is -1.85. The lowest BCUT2D eigenvalue weighted by Crippen LogP contribution is -2.65. The molecule has 0 spiro atoms. The molecular weight excluding hydrogens is 244 g/mol. The number of carbonyl (C=O) groups is 2. The van der Waals surface area contributed by atoms with Crippen molar-refractivity contribution in [2.45, 2.75) is 39.2 Å². The summed E-state index contributed by atoms with van der Waals surface area (Å²) in [7, 11) is 1.82. The molecule has 6 heteroatoms. The van der Waals surface area contributed by atoms with Gasteiger partial charge in [0, 0.05) is 13.2 Å². The molecule has 1 atom stereocenters. The van der Waals surface area contributed by atoms with E-state index in [2.05, 4.69) is 10.4 Å². The van der Waals surface area contributed by atoms with Crippen LogP contribution in [-0.4, -0.2) is 33.7 Å². The van der Waals surface area contributed by atoms with Crippen molar-refractivity contribution < 1.29 is 9.59 Å². The first kappa shape index (κ1) is 13.6. The van der Waals surface area contributed by atoms with Gasteiger partial charge in [-0.15, -0.1) is 0 Å². The van der Waals surface area contributed by atoms with Crippen LogP contribution in [0.1, 0.15) is 32.9 Å². The fourth-order valence-corrected chi connectivity index (χ4v) is 2.35. The minimum absolute atomic E-state index is 0.0626. The number of nitrogens with zero attached hydrogens (tertiary/aromatic N) is 3. The van der Waals surface area contributed by atoms with Gasteiger partial charge in [0.2, 0.25) is 5.91 Å². The topological polar surface area (TPSA) is 67.2 Å². The first-order chi connectivity index (χ1) is 8.91. The van der Waals surface area contributed by atoms with E-state index < -0.39 is 5.54 Å². The van der Waals surface area contributed by atoms with Crippen molar-refractivity contribution in [3.05, 3.63) is 11.9 Å². The van der Waals surface area contributed by atoms with Crippen LogP contribution in [0, 0.1) is 0 Å². The Balaban J connectivity index is 2.42. The summed E-state index contributed by atoms with van der Waals surface area (Å²) in [4.78, 5) is 26.0. The monoisotopic (exact) mass is 264 g/mol. The molecule has 1 fully saturated rings. The molecule has 1 N–H and O–H groups in total. The second-order valence-corrected chi connectivity index (χ2v) is 5.11. The quantitative estimate of drug-likeness (QED) is 0.870. The van der Waals surface area contributed by atoms with E-state index in [0.29, 0.717) is 6.42 Å². The Kier molecular flexibility index (Phi) is 3.34. The van der Waals surface area contributed by atoms with E-state index in [4.69, 9.17) is 0 Å². The van der Waals surface area contributed by atoms with Gasteiger partial charge in [0.1, 0.15) is 12.1 Å². The molecule has 2 amide bonds. The van der Waals surface area contributed by atoms with Crippen molar-refractivity contribution >= 4 is 17.5 Å². The summed E-state index contributed by atoms with van der Waals surface area (Å²) in [5, 5.41) is 7.11. The maximum absolute atomic E-state index is 12.6. The highest BCUT2D eigenvalue weighted by Gasteiger charge is 2.42. The third-order valence-corrected chi connectivity index (χ3v) is 3.65. The maximum Gasteiger partial charge on any atom is 0.253 e. The standard InChI is InChI=1S/C13H20N4O2/c1-5-9-10(7-16(4)15-9)17-8-11(18)14-13(3,6-2)12(17)19/h7H,5-6,8H2,1-4H3,(H,14,18). The second-order valence-electron chi connectivity index (χ2n) is 5.11. The average Bonchev–Trinajstić information content (AvgIpc) is 2.75. The number of rotatable bonds is 3. The number of hydrogen-bond donors (Lipinski definition) is 1. The van der Waals surface area contributed by atoms with Gasteiger partial charge in [-0.2, -0.15) is 5.10 Å². The zero-order chi connectivity index (χ0) is 14.2. The first-order valence-electron chi connectivity index (χ1n) is 6.56. The highest BCUT2D eigenvalue weighted by atomic mass is 16.2. The minimum atomic E-state index is -0.823. The summed E-state index contributed by atoms with van der Waals surface area (Å²) in [5.41, 5.74) is 0.754. The van der Waals surface area contributed by atoms with Gasteiger partial charge in [0.05, 0.1) is 11.4 Å². The summed E-state index contributed by atoms with van der Waals surface area (Å²) < 4.78 is 1.68. The summed E-state index contributed by atoms with van der Waals surface area (Å²) in [6.45, 7) is 5.71. The molecule has 0 radical (unpaired) electrons. The van der Waals surface area contributed by atoms with Gasteiger partial charge < -0.3 is 5.32 Å². The summed E-state index contributed by atoms with van der Waals surface area (Å²) >= 11 is 0. The molecule has 0 aromatic carbocycles. The van der Waals surface area contributed by atoms with Crippen molar-refractivity contribution in [2.75, 3.05) is 11.4 Å². The Labute approximate surface area is 112 Å².